The molecule has 6 nitrogen and oxygen atoms in total. The van der Waals surface area contributed by atoms with Gasteiger partial charge in [-0.2, -0.15) is 5.10 Å². The van der Waals surface area contributed by atoms with Crippen molar-refractivity contribution >= 4 is 11.6 Å². The van der Waals surface area contributed by atoms with E-state index in [-0.39, 0.29) is 5.91 Å². The zero-order valence-electron chi connectivity index (χ0n) is 14.2. The third-order valence-corrected chi connectivity index (χ3v) is 5.08. The molecule has 3 rings (SSSR count). The fraction of sp³-hybridized carbons (Fsp3) is 0.765. The topological polar surface area (TPSA) is 59.4 Å². The molecule has 0 aromatic carbocycles. The lowest BCUT2D eigenvalue weighted by atomic mass is 9.80. The molecule has 1 aromatic rings. The number of aromatic nitrogens is 2. The molecular weight excluding hydrogens is 292 g/mol. The molecule has 2 fully saturated rings. The summed E-state index contributed by atoms with van der Waals surface area (Å²) in [5, 5.41) is 7.93. The van der Waals surface area contributed by atoms with Gasteiger partial charge < -0.3 is 15.0 Å². The number of nitrogens with zero attached hydrogens (tertiary/aromatic N) is 3. The summed E-state index contributed by atoms with van der Waals surface area (Å²) in [5.41, 5.74) is 1.02. The lowest BCUT2D eigenvalue weighted by Crippen LogP contribution is -2.42. The van der Waals surface area contributed by atoms with Gasteiger partial charge in [-0.1, -0.05) is 13.8 Å². The third kappa shape index (κ3) is 4.25. The van der Waals surface area contributed by atoms with Crippen LogP contribution in [0.25, 0.3) is 0 Å². The van der Waals surface area contributed by atoms with Crippen LogP contribution in [0.1, 0.15) is 33.1 Å². The standard InChI is InChI=1S/C17H28N4O2/c1-13-3-4-16(14(2)9-13)19-15-10-18-21(11-15)12-17(22)20-5-7-23-8-6-20/h10-11,13-14,16,19H,3-9,12H2,1-2H3/t13-,14+,16+/m1/s1. The predicted molar refractivity (Wildman–Crippen MR) is 89.2 cm³/mol. The van der Waals surface area contributed by atoms with Gasteiger partial charge in [-0.15, -0.1) is 0 Å². The minimum absolute atomic E-state index is 0.114. The number of rotatable bonds is 4. The van der Waals surface area contributed by atoms with E-state index in [4.69, 9.17) is 4.74 Å². The van der Waals surface area contributed by atoms with Gasteiger partial charge in [-0.05, 0) is 31.1 Å². The second-order valence-electron chi connectivity index (χ2n) is 7.07. The van der Waals surface area contributed by atoms with Crippen molar-refractivity contribution in [2.24, 2.45) is 11.8 Å². The predicted octanol–water partition coefficient (Wildman–Crippen LogP) is 1.98. The molecule has 6 heteroatoms. The van der Waals surface area contributed by atoms with Gasteiger partial charge in [0.15, 0.2) is 0 Å². The molecule has 1 N–H and O–H groups in total. The van der Waals surface area contributed by atoms with Crippen LogP contribution >= 0.6 is 0 Å². The summed E-state index contributed by atoms with van der Waals surface area (Å²) in [6, 6.07) is 0.513. The van der Waals surface area contributed by atoms with Crippen LogP contribution in [0.3, 0.4) is 0 Å². The second-order valence-corrected chi connectivity index (χ2v) is 7.07. The number of carbonyl (C=O) groups is 1. The van der Waals surface area contributed by atoms with Crippen molar-refractivity contribution in [2.45, 2.75) is 45.7 Å². The number of carbonyl (C=O) groups excluding carboxylic acids is 1. The van der Waals surface area contributed by atoms with Crippen molar-refractivity contribution in [2.75, 3.05) is 31.6 Å². The van der Waals surface area contributed by atoms with Crippen molar-refractivity contribution in [1.29, 1.82) is 0 Å². The maximum atomic E-state index is 12.2. The van der Waals surface area contributed by atoms with Crippen LogP contribution in [-0.2, 0) is 16.1 Å². The minimum Gasteiger partial charge on any atom is -0.380 e. The number of nitrogens with one attached hydrogen (secondary N) is 1. The Kier molecular flexibility index (Phi) is 5.20. The van der Waals surface area contributed by atoms with Gasteiger partial charge in [-0.25, -0.2) is 0 Å². The molecule has 1 amide bonds. The summed E-state index contributed by atoms with van der Waals surface area (Å²) in [4.78, 5) is 14.1. The van der Waals surface area contributed by atoms with E-state index in [1.54, 1.807) is 4.68 Å². The average molecular weight is 320 g/mol. The molecule has 2 heterocycles. The summed E-state index contributed by atoms with van der Waals surface area (Å²) in [7, 11) is 0. The van der Waals surface area contributed by atoms with Gasteiger partial charge in [-0.3, -0.25) is 9.48 Å². The summed E-state index contributed by atoms with van der Waals surface area (Å²) in [6.07, 6.45) is 7.55. The molecular formula is C17H28N4O2. The number of morpholine rings is 1. The normalized spacial score (nSPS) is 28.6. The zero-order chi connectivity index (χ0) is 16.2. The summed E-state index contributed by atoms with van der Waals surface area (Å²) in [6.45, 7) is 7.60. The zero-order valence-corrected chi connectivity index (χ0v) is 14.2. The summed E-state index contributed by atoms with van der Waals surface area (Å²) >= 11 is 0. The van der Waals surface area contributed by atoms with E-state index in [2.05, 4.69) is 24.3 Å². The molecule has 1 aromatic heterocycles. The van der Waals surface area contributed by atoms with E-state index in [0.717, 1.165) is 11.6 Å². The number of anilines is 1. The Morgan fingerprint density at radius 2 is 2.13 bits per heavy atom. The van der Waals surface area contributed by atoms with Crippen LogP contribution in [0, 0.1) is 11.8 Å². The first-order valence-corrected chi connectivity index (χ1v) is 8.76. The molecule has 128 valence electrons. The molecule has 3 atom stereocenters. The van der Waals surface area contributed by atoms with Gasteiger partial charge >= 0.3 is 0 Å². The van der Waals surface area contributed by atoms with Crippen LogP contribution in [0.15, 0.2) is 12.4 Å². The van der Waals surface area contributed by atoms with Crippen LogP contribution in [0.5, 0.6) is 0 Å². The van der Waals surface area contributed by atoms with Gasteiger partial charge in [0.05, 0.1) is 25.1 Å². The Hall–Kier alpha value is -1.56. The number of hydrogen-bond acceptors (Lipinski definition) is 4. The second kappa shape index (κ2) is 7.34. The van der Waals surface area contributed by atoms with Crippen molar-refractivity contribution in [3.8, 4) is 0 Å². The third-order valence-electron chi connectivity index (χ3n) is 5.08. The van der Waals surface area contributed by atoms with Gasteiger partial charge in [0.25, 0.3) is 0 Å². The first-order chi connectivity index (χ1) is 11.1. The molecule has 1 aliphatic heterocycles. The van der Waals surface area contributed by atoms with E-state index < -0.39 is 0 Å². The molecule has 23 heavy (non-hydrogen) atoms. The number of amides is 1. The van der Waals surface area contributed by atoms with Gasteiger partial charge in [0, 0.05) is 25.3 Å². The molecule has 0 radical (unpaired) electrons. The van der Waals surface area contributed by atoms with E-state index in [0.29, 0.717) is 44.8 Å². The van der Waals surface area contributed by atoms with E-state index in [1.807, 2.05) is 17.3 Å². The van der Waals surface area contributed by atoms with Gasteiger partial charge in [0.1, 0.15) is 6.54 Å². The Morgan fingerprint density at radius 1 is 1.35 bits per heavy atom. The van der Waals surface area contributed by atoms with E-state index in [9.17, 15) is 4.79 Å². The van der Waals surface area contributed by atoms with Gasteiger partial charge in [0.2, 0.25) is 5.91 Å². The average Bonchev–Trinajstić information content (AvgIpc) is 2.98. The molecule has 0 spiro atoms. The quantitative estimate of drug-likeness (QED) is 0.921. The SMILES string of the molecule is C[C@@H]1CC[C@H](Nc2cnn(CC(=O)N3CCOCC3)c2)[C@@H](C)C1. The van der Waals surface area contributed by atoms with Crippen molar-refractivity contribution in [3.05, 3.63) is 12.4 Å². The summed E-state index contributed by atoms with van der Waals surface area (Å²) in [5.74, 6) is 1.62. The monoisotopic (exact) mass is 320 g/mol. The molecule has 1 saturated heterocycles. The van der Waals surface area contributed by atoms with Crippen molar-refractivity contribution in [1.82, 2.24) is 14.7 Å². The maximum absolute atomic E-state index is 12.2. The van der Waals surface area contributed by atoms with Crippen LogP contribution in [0.2, 0.25) is 0 Å². The first-order valence-electron chi connectivity index (χ1n) is 8.76. The number of hydrogen-bond donors (Lipinski definition) is 1. The smallest absolute Gasteiger partial charge is 0.244 e. The Labute approximate surface area is 138 Å². The lowest BCUT2D eigenvalue weighted by Gasteiger charge is -2.33. The summed E-state index contributed by atoms with van der Waals surface area (Å²) < 4.78 is 7.01. The first kappa shape index (κ1) is 16.3. The fourth-order valence-corrected chi connectivity index (χ4v) is 3.67. The molecule has 1 aliphatic carbocycles. The molecule has 0 bridgehead atoms. The Morgan fingerprint density at radius 3 is 2.87 bits per heavy atom. The molecule has 2 aliphatic rings. The molecule has 0 unspecified atom stereocenters. The van der Waals surface area contributed by atoms with Crippen LogP contribution < -0.4 is 5.32 Å². The molecule has 1 saturated carbocycles. The fourth-order valence-electron chi connectivity index (χ4n) is 3.67. The minimum atomic E-state index is 0.114. The number of ether oxygens (including phenoxy) is 1. The highest BCUT2D eigenvalue weighted by atomic mass is 16.5. The van der Waals surface area contributed by atoms with E-state index in [1.165, 1.54) is 19.3 Å². The van der Waals surface area contributed by atoms with Crippen LogP contribution in [0.4, 0.5) is 5.69 Å². The lowest BCUT2D eigenvalue weighted by molar-refractivity contribution is -0.136. The highest BCUT2D eigenvalue weighted by molar-refractivity contribution is 5.76. The Balaban J connectivity index is 1.52. The largest absolute Gasteiger partial charge is 0.380 e. The highest BCUT2D eigenvalue weighted by Gasteiger charge is 2.25. The van der Waals surface area contributed by atoms with Crippen molar-refractivity contribution < 1.29 is 9.53 Å². The Bertz CT molecular complexity index is 524. The highest BCUT2D eigenvalue weighted by Crippen LogP contribution is 2.30. The maximum Gasteiger partial charge on any atom is 0.244 e. The van der Waals surface area contributed by atoms with E-state index >= 15 is 0 Å². The van der Waals surface area contributed by atoms with Crippen molar-refractivity contribution in [3.63, 3.8) is 0 Å². The van der Waals surface area contributed by atoms with Crippen LogP contribution in [-0.4, -0.2) is 52.9 Å².